The van der Waals surface area contributed by atoms with E-state index in [9.17, 15) is 9.90 Å². The summed E-state index contributed by atoms with van der Waals surface area (Å²) in [5.74, 6) is 0.195. The van der Waals surface area contributed by atoms with Crippen molar-refractivity contribution in [1.29, 1.82) is 0 Å². The summed E-state index contributed by atoms with van der Waals surface area (Å²) in [5, 5.41) is 13.3. The summed E-state index contributed by atoms with van der Waals surface area (Å²) in [4.78, 5) is 11.8. The van der Waals surface area contributed by atoms with E-state index in [4.69, 9.17) is 0 Å². The maximum absolute atomic E-state index is 11.8. The minimum atomic E-state index is -0.00230. The van der Waals surface area contributed by atoms with Crippen LogP contribution >= 0.6 is 15.9 Å². The highest BCUT2D eigenvalue weighted by atomic mass is 79.9. The van der Waals surface area contributed by atoms with Gasteiger partial charge in [0.25, 0.3) is 0 Å². The minimum Gasteiger partial charge on any atom is -0.508 e. The Labute approximate surface area is 123 Å². The molecule has 0 saturated carbocycles. The number of phenols is 1. The predicted octanol–water partition coefficient (Wildman–Crippen LogP) is 3.25. The van der Waals surface area contributed by atoms with Crippen molar-refractivity contribution in [3.63, 3.8) is 0 Å². The lowest BCUT2D eigenvalue weighted by Crippen LogP contribution is -2.34. The van der Waals surface area contributed by atoms with E-state index in [0.29, 0.717) is 13.0 Å². The molecule has 0 aromatic heterocycles. The number of halogens is 1. The molecule has 4 heteroatoms. The van der Waals surface area contributed by atoms with Crippen LogP contribution in [0.15, 0.2) is 24.3 Å². The molecule has 0 unspecified atom stereocenters. The maximum atomic E-state index is 11.8. The predicted molar refractivity (Wildman–Crippen MR) is 81.6 cm³/mol. The molecule has 0 spiro atoms. The first-order valence-corrected chi connectivity index (χ1v) is 7.66. The van der Waals surface area contributed by atoms with Gasteiger partial charge in [0.05, 0.1) is 6.42 Å². The minimum absolute atomic E-state index is 0.00230. The van der Waals surface area contributed by atoms with E-state index >= 15 is 0 Å². The van der Waals surface area contributed by atoms with Crippen molar-refractivity contribution in [2.45, 2.75) is 33.1 Å². The van der Waals surface area contributed by atoms with Crippen LogP contribution in [-0.2, 0) is 11.2 Å². The van der Waals surface area contributed by atoms with Gasteiger partial charge in [-0.1, -0.05) is 41.9 Å². The third-order valence-corrected chi connectivity index (χ3v) is 3.59. The summed E-state index contributed by atoms with van der Waals surface area (Å²) < 4.78 is 0. The Bertz CT molecular complexity index is 418. The van der Waals surface area contributed by atoms with Gasteiger partial charge in [-0.2, -0.15) is 0 Å². The van der Waals surface area contributed by atoms with Gasteiger partial charge in [0.2, 0.25) is 5.91 Å². The molecular weight excluding hydrogens is 306 g/mol. The normalized spacial score (nSPS) is 11.3. The molecule has 0 aliphatic rings. The second-order valence-corrected chi connectivity index (χ2v) is 6.37. The van der Waals surface area contributed by atoms with Gasteiger partial charge in [-0.15, -0.1) is 0 Å². The van der Waals surface area contributed by atoms with Gasteiger partial charge >= 0.3 is 0 Å². The monoisotopic (exact) mass is 327 g/mol. The molecule has 0 saturated heterocycles. The number of aromatic hydroxyl groups is 1. The molecule has 0 radical (unpaired) electrons. The fourth-order valence-corrected chi connectivity index (χ4v) is 2.17. The van der Waals surface area contributed by atoms with E-state index in [-0.39, 0.29) is 17.1 Å². The lowest BCUT2D eigenvalue weighted by molar-refractivity contribution is -0.120. The Morgan fingerprint density at radius 3 is 2.79 bits per heavy atom. The van der Waals surface area contributed by atoms with Crippen LogP contribution in [-0.4, -0.2) is 22.9 Å². The maximum Gasteiger partial charge on any atom is 0.224 e. The van der Waals surface area contributed by atoms with Crippen molar-refractivity contribution in [2.24, 2.45) is 5.41 Å². The fraction of sp³-hybridized carbons (Fsp3) is 0.533. The first kappa shape index (κ1) is 16.0. The number of rotatable bonds is 7. The molecule has 2 N–H and O–H groups in total. The van der Waals surface area contributed by atoms with E-state index in [1.165, 1.54) is 0 Å². The highest BCUT2D eigenvalue weighted by molar-refractivity contribution is 9.09. The van der Waals surface area contributed by atoms with Crippen LogP contribution in [0, 0.1) is 5.41 Å². The fourth-order valence-electron chi connectivity index (χ4n) is 1.89. The summed E-state index contributed by atoms with van der Waals surface area (Å²) in [6, 6.07) is 6.81. The van der Waals surface area contributed by atoms with Crippen molar-refractivity contribution in [1.82, 2.24) is 5.32 Å². The zero-order valence-electron chi connectivity index (χ0n) is 11.6. The third kappa shape index (κ3) is 6.62. The Balaban J connectivity index is 2.39. The third-order valence-electron chi connectivity index (χ3n) is 3.03. The van der Waals surface area contributed by atoms with E-state index in [2.05, 4.69) is 35.1 Å². The molecule has 106 valence electrons. The van der Waals surface area contributed by atoms with Crippen molar-refractivity contribution >= 4 is 21.8 Å². The molecule has 1 rings (SSSR count). The number of hydrogen-bond acceptors (Lipinski definition) is 2. The molecule has 3 nitrogen and oxygen atoms in total. The molecule has 0 atom stereocenters. The van der Waals surface area contributed by atoms with Crippen LogP contribution < -0.4 is 5.32 Å². The average molecular weight is 328 g/mol. The van der Waals surface area contributed by atoms with Gasteiger partial charge in [0.1, 0.15) is 5.75 Å². The van der Waals surface area contributed by atoms with E-state index < -0.39 is 0 Å². The number of carbonyl (C=O) groups is 1. The van der Waals surface area contributed by atoms with Crippen molar-refractivity contribution in [3.05, 3.63) is 29.8 Å². The van der Waals surface area contributed by atoms with E-state index in [1.54, 1.807) is 18.2 Å². The van der Waals surface area contributed by atoms with Gasteiger partial charge in [0.15, 0.2) is 0 Å². The summed E-state index contributed by atoms with van der Waals surface area (Å²) in [5.41, 5.74) is 0.943. The molecule has 1 aromatic carbocycles. The zero-order chi connectivity index (χ0) is 14.3. The van der Waals surface area contributed by atoms with Crippen molar-refractivity contribution in [2.75, 3.05) is 11.9 Å². The molecule has 1 amide bonds. The standard InChI is InChI=1S/C15H22BrNO2/c1-15(2,7-4-8-16)11-17-14(19)10-12-5-3-6-13(18)9-12/h3,5-6,9,18H,4,7-8,10-11H2,1-2H3,(H,17,19). The number of nitrogens with one attached hydrogen (secondary N) is 1. The Morgan fingerprint density at radius 1 is 1.42 bits per heavy atom. The first-order chi connectivity index (χ1) is 8.93. The van der Waals surface area contributed by atoms with Crippen LogP contribution in [0.25, 0.3) is 0 Å². The Hall–Kier alpha value is -1.03. The number of phenolic OH excluding ortho intramolecular Hbond substituents is 1. The highest BCUT2D eigenvalue weighted by Crippen LogP contribution is 2.21. The lowest BCUT2D eigenvalue weighted by atomic mass is 9.88. The smallest absolute Gasteiger partial charge is 0.224 e. The van der Waals surface area contributed by atoms with E-state index in [0.717, 1.165) is 23.7 Å². The average Bonchev–Trinajstić information content (AvgIpc) is 2.34. The van der Waals surface area contributed by atoms with Crippen LogP contribution in [0.1, 0.15) is 32.3 Å². The number of alkyl halides is 1. The molecule has 1 aromatic rings. The summed E-state index contributed by atoms with van der Waals surface area (Å²) in [7, 11) is 0. The van der Waals surface area contributed by atoms with Gasteiger partial charge in [0, 0.05) is 11.9 Å². The largest absolute Gasteiger partial charge is 0.508 e. The van der Waals surface area contributed by atoms with Gasteiger partial charge in [-0.3, -0.25) is 4.79 Å². The number of amides is 1. The van der Waals surface area contributed by atoms with Crippen molar-refractivity contribution in [3.8, 4) is 5.75 Å². The highest BCUT2D eigenvalue weighted by Gasteiger charge is 2.18. The topological polar surface area (TPSA) is 49.3 Å². The first-order valence-electron chi connectivity index (χ1n) is 6.53. The zero-order valence-corrected chi connectivity index (χ0v) is 13.2. The number of carbonyl (C=O) groups excluding carboxylic acids is 1. The molecule has 0 aliphatic carbocycles. The summed E-state index contributed by atoms with van der Waals surface area (Å²) in [6.07, 6.45) is 2.49. The molecular formula is C15H22BrNO2. The second kappa shape index (κ2) is 7.53. The number of hydrogen-bond donors (Lipinski definition) is 2. The molecule has 0 bridgehead atoms. The summed E-state index contributed by atoms with van der Waals surface area (Å²) >= 11 is 3.42. The Morgan fingerprint density at radius 2 is 2.16 bits per heavy atom. The second-order valence-electron chi connectivity index (χ2n) is 5.58. The lowest BCUT2D eigenvalue weighted by Gasteiger charge is -2.24. The molecule has 0 aliphatic heterocycles. The number of benzene rings is 1. The van der Waals surface area contributed by atoms with Crippen LogP contribution in [0.3, 0.4) is 0 Å². The Kier molecular flexibility index (Phi) is 6.35. The van der Waals surface area contributed by atoms with Gasteiger partial charge in [-0.05, 0) is 36.0 Å². The molecule has 0 fully saturated rings. The van der Waals surface area contributed by atoms with Crippen molar-refractivity contribution < 1.29 is 9.90 Å². The van der Waals surface area contributed by atoms with Gasteiger partial charge in [-0.25, -0.2) is 0 Å². The van der Waals surface area contributed by atoms with E-state index in [1.807, 2.05) is 6.07 Å². The molecule has 19 heavy (non-hydrogen) atoms. The SMILES string of the molecule is CC(C)(CCCBr)CNC(=O)Cc1cccc(O)c1. The summed E-state index contributed by atoms with van der Waals surface area (Å²) in [6.45, 7) is 4.99. The van der Waals surface area contributed by atoms with Crippen LogP contribution in [0.2, 0.25) is 0 Å². The van der Waals surface area contributed by atoms with Crippen LogP contribution in [0.4, 0.5) is 0 Å². The van der Waals surface area contributed by atoms with Gasteiger partial charge < -0.3 is 10.4 Å². The molecule has 0 heterocycles. The van der Waals surface area contributed by atoms with Crippen LogP contribution in [0.5, 0.6) is 5.75 Å². The quantitative estimate of drug-likeness (QED) is 0.755.